The molecule has 3 aromatic heterocycles. The van der Waals surface area contributed by atoms with Crippen molar-refractivity contribution in [1.82, 2.24) is 29.4 Å². The molecule has 0 aliphatic heterocycles. The maximum absolute atomic E-state index is 6.10. The highest BCUT2D eigenvalue weighted by molar-refractivity contribution is 6.29. The fourth-order valence-corrected chi connectivity index (χ4v) is 2.02. The quantitative estimate of drug-likeness (QED) is 0.655. The molecule has 86 valence electrons. The molecule has 0 aliphatic carbocycles. The number of nitrogens with zero attached hydrogens (tertiary/aromatic N) is 6. The first-order valence-electron chi connectivity index (χ1n) is 5.02. The Morgan fingerprint density at radius 2 is 2.06 bits per heavy atom. The standard InChI is InChI=1S/C10H9ClN6/c1-6-3-7(16(2)15-6)10-14-13-9-5-12-4-8(11)17(9)10/h3-5H,1-2H3. The van der Waals surface area contributed by atoms with Gasteiger partial charge in [-0.15, -0.1) is 10.2 Å². The third-order valence-corrected chi connectivity index (χ3v) is 2.77. The molecule has 17 heavy (non-hydrogen) atoms. The zero-order valence-electron chi connectivity index (χ0n) is 9.29. The summed E-state index contributed by atoms with van der Waals surface area (Å²) >= 11 is 6.10. The van der Waals surface area contributed by atoms with Crippen LogP contribution < -0.4 is 0 Å². The minimum absolute atomic E-state index is 0.473. The topological polar surface area (TPSA) is 60.9 Å². The van der Waals surface area contributed by atoms with Crippen LogP contribution in [0.15, 0.2) is 18.5 Å². The van der Waals surface area contributed by atoms with Gasteiger partial charge in [-0.25, -0.2) is 0 Å². The summed E-state index contributed by atoms with van der Waals surface area (Å²) in [6.45, 7) is 1.93. The molecule has 3 aromatic rings. The van der Waals surface area contributed by atoms with Crippen molar-refractivity contribution >= 4 is 17.2 Å². The number of hydrogen-bond donors (Lipinski definition) is 0. The largest absolute Gasteiger partial charge is 0.264 e. The van der Waals surface area contributed by atoms with Crippen molar-refractivity contribution in [3.05, 3.63) is 29.3 Å². The second-order valence-electron chi connectivity index (χ2n) is 3.74. The molecule has 0 saturated carbocycles. The van der Waals surface area contributed by atoms with Crippen LogP contribution in [0.3, 0.4) is 0 Å². The van der Waals surface area contributed by atoms with Gasteiger partial charge in [-0.05, 0) is 13.0 Å². The molecule has 3 heterocycles. The van der Waals surface area contributed by atoms with Gasteiger partial charge >= 0.3 is 0 Å². The molecule has 0 amide bonds. The van der Waals surface area contributed by atoms with Crippen LogP contribution in [0.25, 0.3) is 17.2 Å². The normalized spacial score (nSPS) is 11.2. The van der Waals surface area contributed by atoms with Crippen molar-refractivity contribution in [3.63, 3.8) is 0 Å². The first kappa shape index (κ1) is 10.2. The lowest BCUT2D eigenvalue weighted by atomic mass is 10.3. The third kappa shape index (κ3) is 1.49. The monoisotopic (exact) mass is 248 g/mol. The van der Waals surface area contributed by atoms with Crippen LogP contribution >= 0.6 is 11.6 Å². The van der Waals surface area contributed by atoms with E-state index in [1.807, 2.05) is 20.0 Å². The highest BCUT2D eigenvalue weighted by Crippen LogP contribution is 2.21. The summed E-state index contributed by atoms with van der Waals surface area (Å²) in [6, 6.07) is 1.94. The van der Waals surface area contributed by atoms with Crippen LogP contribution in [0, 0.1) is 6.92 Å². The van der Waals surface area contributed by atoms with E-state index < -0.39 is 0 Å². The Labute approximate surface area is 102 Å². The van der Waals surface area contributed by atoms with Gasteiger partial charge in [-0.2, -0.15) is 5.10 Å². The summed E-state index contributed by atoms with van der Waals surface area (Å²) in [7, 11) is 1.86. The van der Waals surface area contributed by atoms with Gasteiger partial charge in [-0.1, -0.05) is 11.6 Å². The number of halogens is 1. The van der Waals surface area contributed by atoms with E-state index in [1.165, 1.54) is 0 Å². The van der Waals surface area contributed by atoms with Crippen LogP contribution in [0.1, 0.15) is 5.69 Å². The molecule has 0 bridgehead atoms. The van der Waals surface area contributed by atoms with Crippen molar-refractivity contribution < 1.29 is 0 Å². The number of fused-ring (bicyclic) bond motifs is 1. The van der Waals surface area contributed by atoms with Crippen LogP contribution in [0.4, 0.5) is 0 Å². The van der Waals surface area contributed by atoms with E-state index >= 15 is 0 Å². The molecular weight excluding hydrogens is 240 g/mol. The van der Waals surface area contributed by atoms with E-state index in [4.69, 9.17) is 11.6 Å². The van der Waals surface area contributed by atoms with E-state index in [0.717, 1.165) is 11.4 Å². The van der Waals surface area contributed by atoms with Crippen LogP contribution in [-0.4, -0.2) is 29.4 Å². The van der Waals surface area contributed by atoms with Gasteiger partial charge in [0.25, 0.3) is 0 Å². The minimum atomic E-state index is 0.473. The lowest BCUT2D eigenvalue weighted by Crippen LogP contribution is -1.98. The second kappa shape index (κ2) is 3.53. The van der Waals surface area contributed by atoms with E-state index in [9.17, 15) is 0 Å². The van der Waals surface area contributed by atoms with Gasteiger partial charge in [0, 0.05) is 7.05 Å². The summed E-state index contributed by atoms with van der Waals surface area (Å²) in [4.78, 5) is 3.97. The fourth-order valence-electron chi connectivity index (χ4n) is 1.80. The molecule has 0 aromatic carbocycles. The minimum Gasteiger partial charge on any atom is -0.264 e. The fraction of sp³-hybridized carbons (Fsp3) is 0.200. The molecule has 6 nitrogen and oxygen atoms in total. The third-order valence-electron chi connectivity index (χ3n) is 2.50. The van der Waals surface area contributed by atoms with Crippen LogP contribution in [0.5, 0.6) is 0 Å². The SMILES string of the molecule is Cc1cc(-c2nnc3cncc(Cl)n23)n(C)n1. The van der Waals surface area contributed by atoms with Gasteiger partial charge in [-0.3, -0.25) is 14.1 Å². The van der Waals surface area contributed by atoms with E-state index in [-0.39, 0.29) is 0 Å². The van der Waals surface area contributed by atoms with Crippen LogP contribution in [0.2, 0.25) is 5.15 Å². The maximum Gasteiger partial charge on any atom is 0.187 e. The molecule has 0 spiro atoms. The van der Waals surface area contributed by atoms with Crippen molar-refractivity contribution in [3.8, 4) is 11.5 Å². The molecule has 0 fully saturated rings. The average molecular weight is 249 g/mol. The lowest BCUT2D eigenvalue weighted by Gasteiger charge is -2.01. The molecule has 0 saturated heterocycles. The predicted molar refractivity (Wildman–Crippen MR) is 62.7 cm³/mol. The van der Waals surface area contributed by atoms with Gasteiger partial charge in [0.15, 0.2) is 11.5 Å². The Kier molecular flexibility index (Phi) is 2.12. The Bertz CT molecular complexity index is 698. The number of hydrogen-bond acceptors (Lipinski definition) is 4. The first-order valence-corrected chi connectivity index (χ1v) is 5.40. The molecule has 0 aliphatic rings. The molecular formula is C10H9ClN6. The maximum atomic E-state index is 6.10. The number of rotatable bonds is 1. The summed E-state index contributed by atoms with van der Waals surface area (Å²) in [6.07, 6.45) is 3.18. The smallest absolute Gasteiger partial charge is 0.187 e. The second-order valence-corrected chi connectivity index (χ2v) is 4.13. The van der Waals surface area contributed by atoms with Gasteiger partial charge in [0.05, 0.1) is 18.1 Å². The zero-order chi connectivity index (χ0) is 12.0. The Hall–Kier alpha value is -1.95. The van der Waals surface area contributed by atoms with Gasteiger partial charge in [0.2, 0.25) is 0 Å². The first-order chi connectivity index (χ1) is 8.16. The van der Waals surface area contributed by atoms with Crippen molar-refractivity contribution in [2.75, 3.05) is 0 Å². The Balaban J connectivity index is 2.35. The lowest BCUT2D eigenvalue weighted by molar-refractivity contribution is 0.757. The molecule has 3 rings (SSSR count). The highest BCUT2D eigenvalue weighted by atomic mass is 35.5. The van der Waals surface area contributed by atoms with E-state index in [2.05, 4.69) is 20.3 Å². The van der Waals surface area contributed by atoms with Gasteiger partial charge < -0.3 is 0 Å². The van der Waals surface area contributed by atoms with Crippen molar-refractivity contribution in [2.45, 2.75) is 6.92 Å². The van der Waals surface area contributed by atoms with Crippen LogP contribution in [-0.2, 0) is 7.05 Å². The molecule has 0 atom stereocenters. The summed E-state index contributed by atoms with van der Waals surface area (Å²) < 4.78 is 3.49. The van der Waals surface area contributed by atoms with Crippen molar-refractivity contribution in [1.29, 1.82) is 0 Å². The Morgan fingerprint density at radius 1 is 1.24 bits per heavy atom. The highest BCUT2D eigenvalue weighted by Gasteiger charge is 2.14. The average Bonchev–Trinajstić information content (AvgIpc) is 2.83. The molecule has 0 unspecified atom stereocenters. The summed E-state index contributed by atoms with van der Waals surface area (Å²) in [5.74, 6) is 0.663. The zero-order valence-corrected chi connectivity index (χ0v) is 10.0. The number of aromatic nitrogens is 6. The molecule has 0 N–H and O–H groups in total. The molecule has 0 radical (unpaired) electrons. The van der Waals surface area contributed by atoms with E-state index in [1.54, 1.807) is 21.5 Å². The Morgan fingerprint density at radius 3 is 2.76 bits per heavy atom. The number of aryl methyl sites for hydroxylation is 2. The summed E-state index contributed by atoms with van der Waals surface area (Å²) in [5, 5.41) is 12.9. The molecule has 7 heteroatoms. The van der Waals surface area contributed by atoms with Gasteiger partial charge in [0.1, 0.15) is 10.8 Å². The summed E-state index contributed by atoms with van der Waals surface area (Å²) in [5.41, 5.74) is 2.40. The van der Waals surface area contributed by atoms with E-state index in [0.29, 0.717) is 16.6 Å². The predicted octanol–water partition coefficient (Wildman–Crippen LogP) is 1.49. The van der Waals surface area contributed by atoms with Crippen molar-refractivity contribution in [2.24, 2.45) is 7.05 Å².